The van der Waals surface area contributed by atoms with Gasteiger partial charge in [-0.15, -0.1) is 0 Å². The highest BCUT2D eigenvalue weighted by atomic mass is 15.0. The maximum absolute atomic E-state index is 2.56. The lowest BCUT2D eigenvalue weighted by Crippen LogP contribution is -2.03. The van der Waals surface area contributed by atoms with Crippen LogP contribution in [0.3, 0.4) is 0 Å². The molecule has 6 aromatic carbocycles. The van der Waals surface area contributed by atoms with Gasteiger partial charge in [-0.25, -0.2) is 0 Å². The van der Waals surface area contributed by atoms with E-state index in [4.69, 9.17) is 0 Å². The van der Waals surface area contributed by atoms with Crippen LogP contribution in [-0.4, -0.2) is 9.13 Å². The summed E-state index contributed by atoms with van der Waals surface area (Å²) in [5.74, 6) is 0.482. The van der Waals surface area contributed by atoms with Crippen molar-refractivity contribution in [2.75, 3.05) is 0 Å². The summed E-state index contributed by atoms with van der Waals surface area (Å²) in [4.78, 5) is 0. The highest BCUT2D eigenvalue weighted by molar-refractivity contribution is 6.26. The van der Waals surface area contributed by atoms with E-state index < -0.39 is 0 Å². The molecule has 0 spiro atoms. The van der Waals surface area contributed by atoms with Crippen LogP contribution in [0.25, 0.3) is 71.2 Å². The van der Waals surface area contributed by atoms with Gasteiger partial charge < -0.3 is 9.13 Å². The smallest absolute Gasteiger partial charge is 0.0626 e. The van der Waals surface area contributed by atoms with Crippen LogP contribution >= 0.6 is 0 Å². The predicted molar refractivity (Wildman–Crippen MR) is 191 cm³/mol. The summed E-state index contributed by atoms with van der Waals surface area (Å²) < 4.78 is 5.10. The molecule has 8 aromatic rings. The summed E-state index contributed by atoms with van der Waals surface area (Å²) in [6.45, 7) is 13.7. The normalized spacial score (nSPS) is 12.3. The van der Waals surface area contributed by atoms with Crippen LogP contribution in [0.2, 0.25) is 0 Å². The fraction of sp³-hybridized carbons (Fsp3) is 0.190. The monoisotopic (exact) mass is 570 g/mol. The highest BCUT2D eigenvalue weighted by Gasteiger charge is 2.24. The second-order valence-corrected chi connectivity index (χ2v) is 13.1. The van der Waals surface area contributed by atoms with Gasteiger partial charge in [0.15, 0.2) is 0 Å². The maximum Gasteiger partial charge on any atom is 0.0626 e. The first-order chi connectivity index (χ1) is 21.3. The zero-order chi connectivity index (χ0) is 30.3. The van der Waals surface area contributed by atoms with Gasteiger partial charge in [0.25, 0.3) is 0 Å². The lowest BCUT2D eigenvalue weighted by atomic mass is 9.93. The van der Waals surface area contributed by atoms with E-state index in [1.165, 1.54) is 87.9 Å². The van der Waals surface area contributed by atoms with Gasteiger partial charge in [-0.2, -0.15) is 0 Å². The first-order valence-electron chi connectivity index (χ1n) is 15.9. The summed E-state index contributed by atoms with van der Waals surface area (Å²) in [5, 5.41) is 7.80. The van der Waals surface area contributed by atoms with Crippen molar-refractivity contribution in [1.82, 2.24) is 9.13 Å². The Labute approximate surface area is 259 Å². The molecule has 8 rings (SSSR count). The van der Waals surface area contributed by atoms with E-state index in [-0.39, 0.29) is 0 Å². The van der Waals surface area contributed by atoms with Gasteiger partial charge in [0.2, 0.25) is 0 Å². The number of aromatic nitrogens is 2. The predicted octanol–water partition coefficient (Wildman–Crippen LogP) is 12.0. The Morgan fingerprint density at radius 1 is 0.523 bits per heavy atom. The van der Waals surface area contributed by atoms with Crippen molar-refractivity contribution in [2.45, 2.75) is 53.5 Å². The van der Waals surface area contributed by atoms with Gasteiger partial charge in [-0.1, -0.05) is 98.8 Å². The summed E-state index contributed by atoms with van der Waals surface area (Å²) in [5.41, 5.74) is 13.0. The topological polar surface area (TPSA) is 9.86 Å². The molecule has 0 fully saturated rings. The van der Waals surface area contributed by atoms with Crippen molar-refractivity contribution < 1.29 is 0 Å². The van der Waals surface area contributed by atoms with E-state index in [1.807, 2.05) is 0 Å². The lowest BCUT2D eigenvalue weighted by Gasteiger charge is -2.20. The summed E-state index contributed by atoms with van der Waals surface area (Å²) in [6.07, 6.45) is 0. The first kappa shape index (κ1) is 26.8. The molecule has 0 saturated carbocycles. The Hall–Kier alpha value is -4.82. The largest absolute Gasteiger partial charge is 0.337 e. The van der Waals surface area contributed by atoms with E-state index in [2.05, 4.69) is 160 Å². The Bertz CT molecular complexity index is 2410. The number of rotatable bonds is 4. The SMILES string of the molecule is Cc1cc(-n2c3ccccc3c3c4ccccc4cc(-c4cccc5c6ccccc6n(C(C)C)c45)c32)c(C)cc1C(C)C. The summed E-state index contributed by atoms with van der Waals surface area (Å²) >= 11 is 0. The van der Waals surface area contributed by atoms with Gasteiger partial charge in [0, 0.05) is 49.9 Å². The number of benzene rings is 6. The molecule has 0 saturated heterocycles. The molecular weight excluding hydrogens is 532 g/mol. The second kappa shape index (κ2) is 9.86. The molecule has 0 aliphatic heterocycles. The first-order valence-corrected chi connectivity index (χ1v) is 15.9. The minimum atomic E-state index is 0.314. The molecule has 0 atom stereocenters. The Morgan fingerprint density at radius 3 is 1.93 bits per heavy atom. The van der Waals surface area contributed by atoms with Crippen molar-refractivity contribution in [3.05, 3.63) is 126 Å². The fourth-order valence-corrected chi connectivity index (χ4v) is 7.79. The lowest BCUT2D eigenvalue weighted by molar-refractivity contribution is 0.642. The van der Waals surface area contributed by atoms with E-state index in [0.29, 0.717) is 12.0 Å². The third-order valence-corrected chi connectivity index (χ3v) is 9.64. The molecule has 44 heavy (non-hydrogen) atoms. The number of nitrogens with zero attached hydrogens (tertiary/aromatic N) is 2. The molecule has 2 heteroatoms. The van der Waals surface area contributed by atoms with E-state index in [1.54, 1.807) is 0 Å². The number of fused-ring (bicyclic) bond motifs is 8. The Balaban J connectivity index is 1.62. The highest BCUT2D eigenvalue weighted by Crippen LogP contribution is 2.46. The van der Waals surface area contributed by atoms with Crippen LogP contribution in [0.5, 0.6) is 0 Å². The number of para-hydroxylation sites is 3. The van der Waals surface area contributed by atoms with Crippen molar-refractivity contribution >= 4 is 54.4 Å². The van der Waals surface area contributed by atoms with Crippen LogP contribution in [0.4, 0.5) is 0 Å². The van der Waals surface area contributed by atoms with Crippen molar-refractivity contribution in [3.8, 4) is 16.8 Å². The summed E-state index contributed by atoms with van der Waals surface area (Å²) in [6, 6.07) is 41.2. The molecule has 0 bridgehead atoms. The van der Waals surface area contributed by atoms with Gasteiger partial charge in [-0.3, -0.25) is 0 Å². The average molecular weight is 571 g/mol. The van der Waals surface area contributed by atoms with Crippen molar-refractivity contribution in [1.29, 1.82) is 0 Å². The molecule has 0 radical (unpaired) electrons. The van der Waals surface area contributed by atoms with Crippen LogP contribution in [-0.2, 0) is 0 Å². The van der Waals surface area contributed by atoms with Crippen LogP contribution in [0, 0.1) is 13.8 Å². The van der Waals surface area contributed by atoms with Crippen molar-refractivity contribution in [3.63, 3.8) is 0 Å². The van der Waals surface area contributed by atoms with E-state index >= 15 is 0 Å². The maximum atomic E-state index is 2.56. The van der Waals surface area contributed by atoms with Gasteiger partial charge in [0.1, 0.15) is 0 Å². The zero-order valence-electron chi connectivity index (χ0n) is 26.4. The number of aryl methyl sites for hydroxylation is 2. The number of hydrogen-bond acceptors (Lipinski definition) is 0. The van der Waals surface area contributed by atoms with Crippen molar-refractivity contribution in [2.24, 2.45) is 0 Å². The van der Waals surface area contributed by atoms with Crippen LogP contribution < -0.4 is 0 Å². The van der Waals surface area contributed by atoms with E-state index in [9.17, 15) is 0 Å². The molecule has 0 amide bonds. The van der Waals surface area contributed by atoms with Crippen LogP contribution in [0.1, 0.15) is 56.3 Å². The summed E-state index contributed by atoms with van der Waals surface area (Å²) in [7, 11) is 0. The van der Waals surface area contributed by atoms with Crippen LogP contribution in [0.15, 0.2) is 109 Å². The quantitative estimate of drug-likeness (QED) is 0.199. The third-order valence-electron chi connectivity index (χ3n) is 9.64. The third kappa shape index (κ3) is 3.73. The molecule has 0 aliphatic carbocycles. The molecule has 0 N–H and O–H groups in total. The van der Waals surface area contributed by atoms with Gasteiger partial charge in [0.05, 0.1) is 16.6 Å². The molecular formula is C42H38N2. The standard InChI is InChI=1S/C42H38N2/c1-25(2)35-22-28(6)39(23-27(35)5)44-38-21-12-10-17-34(38)40-30-15-8-7-14-29(30)24-36(42(40)44)33-19-13-18-32-31-16-9-11-20-37(31)43(26(3)4)41(32)33/h7-26H,1-6H3. The van der Waals surface area contributed by atoms with Gasteiger partial charge in [-0.05, 0) is 85.3 Å². The minimum Gasteiger partial charge on any atom is -0.337 e. The van der Waals surface area contributed by atoms with E-state index in [0.717, 1.165) is 0 Å². The molecule has 2 heterocycles. The minimum absolute atomic E-state index is 0.314. The average Bonchev–Trinajstić information content (AvgIpc) is 3.55. The molecule has 0 unspecified atom stereocenters. The zero-order valence-corrected chi connectivity index (χ0v) is 26.4. The molecule has 216 valence electrons. The molecule has 2 nitrogen and oxygen atoms in total. The van der Waals surface area contributed by atoms with Gasteiger partial charge >= 0.3 is 0 Å². The second-order valence-electron chi connectivity index (χ2n) is 13.1. The molecule has 0 aliphatic rings. The fourth-order valence-electron chi connectivity index (χ4n) is 7.79. The number of hydrogen-bond donors (Lipinski definition) is 0. The Kier molecular flexibility index (Phi) is 6.00. The molecule has 2 aromatic heterocycles. The Morgan fingerprint density at radius 2 is 1.18 bits per heavy atom.